The molecular weight excluding hydrogens is 371 g/mol. The third kappa shape index (κ3) is 3.17. The molecule has 7 heteroatoms. The molecule has 2 N–H and O–H groups in total. The van der Waals surface area contributed by atoms with Gasteiger partial charge in [-0.15, -0.1) is 0 Å². The minimum Gasteiger partial charge on any atom is -0.504 e. The Morgan fingerprint density at radius 3 is 2.59 bits per heavy atom. The van der Waals surface area contributed by atoms with Gasteiger partial charge in [-0.25, -0.2) is 4.39 Å². The minimum atomic E-state index is -0.748. The molecule has 0 radical (unpaired) electrons. The highest BCUT2D eigenvalue weighted by Gasteiger charge is 2.22. The summed E-state index contributed by atoms with van der Waals surface area (Å²) in [7, 11) is 1.65. The van der Waals surface area contributed by atoms with Gasteiger partial charge in [-0.3, -0.25) is 9.48 Å². The van der Waals surface area contributed by atoms with Crippen molar-refractivity contribution in [1.29, 1.82) is 5.26 Å². The Labute approximate surface area is 165 Å². The van der Waals surface area contributed by atoms with Crippen molar-refractivity contribution in [3.63, 3.8) is 0 Å². The van der Waals surface area contributed by atoms with E-state index in [-0.39, 0.29) is 5.69 Å². The number of rotatable bonds is 3. The molecular formula is C22H15FN4O2. The molecule has 0 fully saturated rings. The van der Waals surface area contributed by atoms with Crippen molar-refractivity contribution in [3.05, 3.63) is 77.7 Å². The van der Waals surface area contributed by atoms with Crippen molar-refractivity contribution in [2.24, 2.45) is 7.05 Å². The van der Waals surface area contributed by atoms with E-state index in [4.69, 9.17) is 0 Å². The molecule has 0 saturated carbocycles. The number of aryl methyl sites for hydroxylation is 1. The number of nitriles is 1. The summed E-state index contributed by atoms with van der Waals surface area (Å²) in [5.41, 5.74) is 0.691. The lowest BCUT2D eigenvalue weighted by atomic mass is 10.0. The number of anilines is 1. The summed E-state index contributed by atoms with van der Waals surface area (Å²) in [4.78, 5) is 12.5. The van der Waals surface area contributed by atoms with E-state index in [1.165, 1.54) is 16.8 Å². The molecule has 0 unspecified atom stereocenters. The fourth-order valence-corrected chi connectivity index (χ4v) is 3.29. The van der Waals surface area contributed by atoms with E-state index in [2.05, 4.69) is 10.4 Å². The molecule has 0 aliphatic rings. The Kier molecular flexibility index (Phi) is 4.45. The summed E-state index contributed by atoms with van der Waals surface area (Å²) in [6, 6.07) is 18.2. The highest BCUT2D eigenvalue weighted by atomic mass is 19.1. The lowest BCUT2D eigenvalue weighted by Gasteiger charge is -2.05. The molecule has 6 nitrogen and oxygen atoms in total. The van der Waals surface area contributed by atoms with Crippen LogP contribution in [0.1, 0.15) is 5.69 Å². The summed E-state index contributed by atoms with van der Waals surface area (Å²) in [5, 5.41) is 29.0. The van der Waals surface area contributed by atoms with Crippen LogP contribution in [0.3, 0.4) is 0 Å². The number of hydrogen-bond acceptors (Lipinski definition) is 4. The molecule has 1 aromatic heterocycles. The number of fused-ring (bicyclic) bond motifs is 3. The topological polar surface area (TPSA) is 90.9 Å². The summed E-state index contributed by atoms with van der Waals surface area (Å²) >= 11 is 0. The average molecular weight is 386 g/mol. The molecule has 142 valence electrons. The number of carbonyl (C=O) groups excluding carboxylic acids is 1. The average Bonchev–Trinajstić information content (AvgIpc) is 3.06. The molecule has 3 aromatic carbocycles. The van der Waals surface area contributed by atoms with E-state index in [9.17, 15) is 19.6 Å². The molecule has 0 atom stereocenters. The van der Waals surface area contributed by atoms with Crippen LogP contribution in [0.4, 0.5) is 10.1 Å². The third-order valence-electron chi connectivity index (χ3n) is 4.62. The number of hydrogen-bond donors (Lipinski definition) is 2. The highest BCUT2D eigenvalue weighted by Crippen LogP contribution is 2.31. The van der Waals surface area contributed by atoms with Crippen molar-refractivity contribution >= 4 is 39.0 Å². The van der Waals surface area contributed by atoms with Gasteiger partial charge in [0.05, 0.1) is 5.52 Å². The maximum absolute atomic E-state index is 13.8. The van der Waals surface area contributed by atoms with Crippen LogP contribution in [0.25, 0.3) is 27.4 Å². The van der Waals surface area contributed by atoms with Gasteiger partial charge < -0.3 is 10.4 Å². The van der Waals surface area contributed by atoms with E-state index >= 15 is 0 Å². The zero-order valence-corrected chi connectivity index (χ0v) is 15.3. The normalized spacial score (nSPS) is 11.9. The predicted molar refractivity (Wildman–Crippen MR) is 108 cm³/mol. The molecule has 29 heavy (non-hydrogen) atoms. The highest BCUT2D eigenvalue weighted by molar-refractivity contribution is 6.14. The molecule has 0 saturated heterocycles. The van der Waals surface area contributed by atoms with Crippen molar-refractivity contribution in [3.8, 4) is 6.07 Å². The number of aromatic nitrogens is 2. The van der Waals surface area contributed by atoms with Crippen LogP contribution >= 0.6 is 0 Å². The molecule has 1 heterocycles. The number of aliphatic hydroxyl groups excluding tert-OH is 1. The zero-order valence-electron chi connectivity index (χ0n) is 15.3. The number of para-hydroxylation sites is 1. The van der Waals surface area contributed by atoms with Gasteiger partial charge in [0.1, 0.15) is 17.6 Å². The quantitative estimate of drug-likeness (QED) is 0.312. The Hall–Kier alpha value is -4.18. The summed E-state index contributed by atoms with van der Waals surface area (Å²) < 4.78 is 15.3. The number of benzene rings is 3. The Bertz CT molecular complexity index is 1330. The first-order valence-electron chi connectivity index (χ1n) is 8.74. The van der Waals surface area contributed by atoms with E-state index in [0.717, 1.165) is 5.39 Å². The van der Waals surface area contributed by atoms with Crippen LogP contribution in [0.5, 0.6) is 0 Å². The van der Waals surface area contributed by atoms with Crippen molar-refractivity contribution in [2.75, 3.05) is 5.32 Å². The number of aliphatic hydroxyl groups is 1. The van der Waals surface area contributed by atoms with Crippen LogP contribution in [0.15, 0.2) is 66.2 Å². The molecule has 0 aliphatic carbocycles. The van der Waals surface area contributed by atoms with Gasteiger partial charge in [-0.2, -0.15) is 10.4 Å². The maximum atomic E-state index is 13.8. The van der Waals surface area contributed by atoms with E-state index in [0.29, 0.717) is 22.0 Å². The second-order valence-electron chi connectivity index (χ2n) is 6.45. The molecule has 0 aliphatic heterocycles. The predicted octanol–water partition coefficient (Wildman–Crippen LogP) is 4.30. The van der Waals surface area contributed by atoms with Gasteiger partial charge in [-0.1, -0.05) is 30.3 Å². The first-order chi connectivity index (χ1) is 14.0. The van der Waals surface area contributed by atoms with Crippen molar-refractivity contribution < 1.29 is 14.3 Å². The fraction of sp³-hybridized carbons (Fsp3) is 0.0455. The van der Waals surface area contributed by atoms with Gasteiger partial charge in [0.25, 0.3) is 5.91 Å². The second-order valence-corrected chi connectivity index (χ2v) is 6.45. The molecule has 0 bridgehead atoms. The summed E-state index contributed by atoms with van der Waals surface area (Å²) in [6.45, 7) is 0. The molecule has 0 spiro atoms. The van der Waals surface area contributed by atoms with Crippen LogP contribution in [-0.2, 0) is 11.8 Å². The molecule has 4 aromatic rings. The smallest absolute Gasteiger partial charge is 0.270 e. The standard InChI is InChI=1S/C22H15FN4O2/c1-27-20-16(10-8-13-7-9-14(23)11-17(13)20)19(26-27)21(28)18(12-24)22(29)25-15-5-3-2-4-6-15/h2-11,28H,1H3,(H,25,29)/b21-18-. The lowest BCUT2D eigenvalue weighted by molar-refractivity contribution is -0.112. The van der Waals surface area contributed by atoms with Crippen molar-refractivity contribution in [1.82, 2.24) is 9.78 Å². The van der Waals surface area contributed by atoms with Crippen molar-refractivity contribution in [2.45, 2.75) is 0 Å². The Balaban J connectivity index is 1.86. The third-order valence-corrected chi connectivity index (χ3v) is 4.62. The van der Waals surface area contributed by atoms with Gasteiger partial charge in [0.15, 0.2) is 11.3 Å². The van der Waals surface area contributed by atoms with Gasteiger partial charge in [-0.05, 0) is 35.7 Å². The Morgan fingerprint density at radius 2 is 1.86 bits per heavy atom. The first kappa shape index (κ1) is 18.2. The minimum absolute atomic E-state index is 0.0772. The van der Waals surface area contributed by atoms with Crippen LogP contribution < -0.4 is 5.32 Å². The van der Waals surface area contributed by atoms with Gasteiger partial charge in [0, 0.05) is 23.5 Å². The van der Waals surface area contributed by atoms with Crippen LogP contribution in [0, 0.1) is 17.1 Å². The second kappa shape index (κ2) is 7.09. The number of halogens is 1. The first-order valence-corrected chi connectivity index (χ1v) is 8.74. The number of nitrogens with one attached hydrogen (secondary N) is 1. The number of carbonyl (C=O) groups is 1. The summed E-state index contributed by atoms with van der Waals surface area (Å²) in [6.07, 6.45) is 0. The zero-order chi connectivity index (χ0) is 20.5. The van der Waals surface area contributed by atoms with E-state index < -0.39 is 23.1 Å². The Morgan fingerprint density at radius 1 is 1.14 bits per heavy atom. The van der Waals surface area contributed by atoms with E-state index in [1.807, 2.05) is 0 Å². The molecule has 1 amide bonds. The van der Waals surface area contributed by atoms with Gasteiger partial charge >= 0.3 is 0 Å². The van der Waals surface area contributed by atoms with Crippen LogP contribution in [-0.4, -0.2) is 20.8 Å². The lowest BCUT2D eigenvalue weighted by Crippen LogP contribution is -2.15. The number of amides is 1. The fourth-order valence-electron chi connectivity index (χ4n) is 3.29. The molecule has 4 rings (SSSR count). The van der Waals surface area contributed by atoms with Gasteiger partial charge in [0.2, 0.25) is 0 Å². The van der Waals surface area contributed by atoms with Crippen LogP contribution in [0.2, 0.25) is 0 Å². The summed E-state index contributed by atoms with van der Waals surface area (Å²) in [5.74, 6) is -1.68. The van der Waals surface area contributed by atoms with E-state index in [1.54, 1.807) is 61.6 Å². The maximum Gasteiger partial charge on any atom is 0.270 e. The SMILES string of the molecule is Cn1nc(/C(O)=C(\C#N)C(=O)Nc2ccccc2)c2ccc3ccc(F)cc3c21. The number of nitrogens with zero attached hydrogens (tertiary/aromatic N) is 3. The largest absolute Gasteiger partial charge is 0.504 e. The monoisotopic (exact) mass is 386 g/mol.